The summed E-state index contributed by atoms with van der Waals surface area (Å²) in [6.45, 7) is 2.07. The van der Waals surface area contributed by atoms with E-state index in [-0.39, 0.29) is 17.9 Å². The number of fused-ring (bicyclic) bond motifs is 1. The monoisotopic (exact) mass is 236 g/mol. The molecule has 1 atom stereocenters. The van der Waals surface area contributed by atoms with E-state index in [2.05, 4.69) is 5.32 Å². The number of nitrogens with zero attached hydrogens (tertiary/aromatic N) is 1. The number of phenols is 1. The van der Waals surface area contributed by atoms with Crippen LogP contribution in [0.4, 0.5) is 5.69 Å². The molecule has 5 nitrogen and oxygen atoms in total. The van der Waals surface area contributed by atoms with Crippen molar-refractivity contribution in [1.29, 1.82) is 0 Å². The Morgan fingerprint density at radius 3 is 3.06 bits per heavy atom. The maximum Gasteiger partial charge on any atom is 0.216 e. The predicted octanol–water partition coefficient (Wildman–Crippen LogP) is 1.07. The predicted molar refractivity (Wildman–Crippen MR) is 64.2 cm³/mol. The van der Waals surface area contributed by atoms with E-state index >= 15 is 0 Å². The largest absolute Gasteiger partial charge is 0.508 e. The van der Waals surface area contributed by atoms with Crippen LogP contribution in [-0.4, -0.2) is 30.8 Å². The average molecular weight is 236 g/mol. The molecule has 1 aromatic carbocycles. The van der Waals surface area contributed by atoms with Crippen LogP contribution in [0.15, 0.2) is 18.2 Å². The number of nitrogens with one attached hydrogen (secondary N) is 1. The highest BCUT2D eigenvalue weighted by molar-refractivity contribution is 5.72. The topological polar surface area (TPSA) is 61.8 Å². The molecule has 0 saturated carbocycles. The minimum Gasteiger partial charge on any atom is -0.508 e. The van der Waals surface area contributed by atoms with Crippen LogP contribution in [0.3, 0.4) is 0 Å². The zero-order chi connectivity index (χ0) is 12.4. The van der Waals surface area contributed by atoms with Crippen molar-refractivity contribution in [2.24, 2.45) is 0 Å². The summed E-state index contributed by atoms with van der Waals surface area (Å²) in [4.78, 5) is 12.8. The van der Waals surface area contributed by atoms with E-state index in [9.17, 15) is 9.90 Å². The zero-order valence-corrected chi connectivity index (χ0v) is 9.93. The lowest BCUT2D eigenvalue weighted by Gasteiger charge is -2.20. The fourth-order valence-corrected chi connectivity index (χ4v) is 1.89. The SMILES string of the molecule is CC(=O)NCCC1Oc2cc(O)ccc2N1C. The lowest BCUT2D eigenvalue weighted by Crippen LogP contribution is -2.35. The molecule has 0 aliphatic carbocycles. The molecular formula is C12H16N2O3. The smallest absolute Gasteiger partial charge is 0.216 e. The van der Waals surface area contributed by atoms with Crippen LogP contribution in [-0.2, 0) is 4.79 Å². The van der Waals surface area contributed by atoms with Gasteiger partial charge < -0.3 is 20.1 Å². The third-order valence-electron chi connectivity index (χ3n) is 2.78. The molecular weight excluding hydrogens is 220 g/mol. The Morgan fingerprint density at radius 2 is 2.35 bits per heavy atom. The minimum atomic E-state index is -0.0985. The fourth-order valence-electron chi connectivity index (χ4n) is 1.89. The molecule has 2 rings (SSSR count). The maximum atomic E-state index is 10.8. The van der Waals surface area contributed by atoms with Gasteiger partial charge in [-0.05, 0) is 12.1 Å². The van der Waals surface area contributed by atoms with E-state index in [1.165, 1.54) is 6.92 Å². The number of carbonyl (C=O) groups is 1. The molecule has 17 heavy (non-hydrogen) atoms. The van der Waals surface area contributed by atoms with Gasteiger partial charge in [0.25, 0.3) is 0 Å². The number of aromatic hydroxyl groups is 1. The summed E-state index contributed by atoms with van der Waals surface area (Å²) < 4.78 is 5.70. The van der Waals surface area contributed by atoms with Crippen molar-refractivity contribution < 1.29 is 14.6 Å². The first-order valence-electron chi connectivity index (χ1n) is 5.55. The number of carbonyl (C=O) groups excluding carboxylic acids is 1. The standard InChI is InChI=1S/C12H16N2O3/c1-8(15)13-6-5-12-14(2)10-4-3-9(16)7-11(10)17-12/h3-4,7,12,16H,5-6H2,1-2H3,(H,13,15). The lowest BCUT2D eigenvalue weighted by molar-refractivity contribution is -0.119. The van der Waals surface area contributed by atoms with Crippen LogP contribution in [0.5, 0.6) is 11.5 Å². The molecule has 0 radical (unpaired) electrons. The van der Waals surface area contributed by atoms with Gasteiger partial charge in [0.1, 0.15) is 11.5 Å². The van der Waals surface area contributed by atoms with Gasteiger partial charge in [0, 0.05) is 33.0 Å². The van der Waals surface area contributed by atoms with Gasteiger partial charge >= 0.3 is 0 Å². The van der Waals surface area contributed by atoms with E-state index in [4.69, 9.17) is 4.74 Å². The second-order valence-corrected chi connectivity index (χ2v) is 4.11. The van der Waals surface area contributed by atoms with E-state index in [1.54, 1.807) is 12.1 Å². The van der Waals surface area contributed by atoms with Gasteiger partial charge in [0.05, 0.1) is 5.69 Å². The maximum absolute atomic E-state index is 10.8. The molecule has 0 spiro atoms. The summed E-state index contributed by atoms with van der Waals surface area (Å²) >= 11 is 0. The van der Waals surface area contributed by atoms with Crippen molar-refractivity contribution in [2.75, 3.05) is 18.5 Å². The first-order valence-corrected chi connectivity index (χ1v) is 5.55. The highest BCUT2D eigenvalue weighted by atomic mass is 16.5. The molecule has 1 aliphatic heterocycles. The summed E-state index contributed by atoms with van der Waals surface area (Å²) in [6.07, 6.45) is 0.601. The third kappa shape index (κ3) is 2.43. The summed E-state index contributed by atoms with van der Waals surface area (Å²) in [7, 11) is 1.93. The summed E-state index contributed by atoms with van der Waals surface area (Å²) in [5, 5.41) is 12.1. The molecule has 1 unspecified atom stereocenters. The van der Waals surface area contributed by atoms with Gasteiger partial charge in [0.15, 0.2) is 6.23 Å². The Balaban J connectivity index is 1.99. The van der Waals surface area contributed by atoms with Gasteiger partial charge in [-0.2, -0.15) is 0 Å². The van der Waals surface area contributed by atoms with E-state index in [1.807, 2.05) is 18.0 Å². The third-order valence-corrected chi connectivity index (χ3v) is 2.78. The molecule has 2 N–H and O–H groups in total. The molecule has 0 bridgehead atoms. The number of hydrogen-bond acceptors (Lipinski definition) is 4. The summed E-state index contributed by atoms with van der Waals surface area (Å²) in [5.41, 5.74) is 0.954. The van der Waals surface area contributed by atoms with Gasteiger partial charge in [-0.25, -0.2) is 0 Å². The first-order chi connectivity index (χ1) is 8.08. The first kappa shape index (κ1) is 11.6. The molecule has 1 heterocycles. The second kappa shape index (κ2) is 4.53. The Hall–Kier alpha value is -1.91. The Bertz CT molecular complexity index is 434. The van der Waals surface area contributed by atoms with Crippen molar-refractivity contribution in [1.82, 2.24) is 5.32 Å². The Labute approximate surface area is 100.0 Å². The van der Waals surface area contributed by atoms with E-state index in [0.717, 1.165) is 5.69 Å². The number of phenolic OH excluding ortho intramolecular Hbond substituents is 1. The quantitative estimate of drug-likeness (QED) is 0.824. The molecule has 1 amide bonds. The van der Waals surface area contributed by atoms with Crippen LogP contribution in [0.2, 0.25) is 0 Å². The van der Waals surface area contributed by atoms with Gasteiger partial charge in [-0.15, -0.1) is 0 Å². The summed E-state index contributed by atoms with van der Waals surface area (Å²) in [5.74, 6) is 0.834. The number of hydrogen-bond donors (Lipinski definition) is 2. The molecule has 0 saturated heterocycles. The molecule has 1 aromatic rings. The number of benzene rings is 1. The van der Waals surface area contributed by atoms with E-state index < -0.39 is 0 Å². The molecule has 5 heteroatoms. The van der Waals surface area contributed by atoms with Crippen molar-refractivity contribution in [3.63, 3.8) is 0 Å². The second-order valence-electron chi connectivity index (χ2n) is 4.11. The van der Waals surface area contributed by atoms with E-state index in [0.29, 0.717) is 18.7 Å². The molecule has 0 fully saturated rings. The number of ether oxygens (including phenoxy) is 1. The van der Waals surface area contributed by atoms with Crippen LogP contribution in [0.1, 0.15) is 13.3 Å². The van der Waals surface area contributed by atoms with Gasteiger partial charge in [0.2, 0.25) is 5.91 Å². The highest BCUT2D eigenvalue weighted by Crippen LogP contribution is 2.38. The summed E-state index contributed by atoms with van der Waals surface area (Å²) in [6, 6.07) is 5.06. The number of rotatable bonds is 3. The fraction of sp³-hybridized carbons (Fsp3) is 0.417. The van der Waals surface area contributed by atoms with Crippen molar-refractivity contribution in [3.05, 3.63) is 18.2 Å². The highest BCUT2D eigenvalue weighted by Gasteiger charge is 2.27. The van der Waals surface area contributed by atoms with Gasteiger partial charge in [-0.1, -0.05) is 0 Å². The van der Waals surface area contributed by atoms with Crippen LogP contribution < -0.4 is 15.0 Å². The molecule has 0 aromatic heterocycles. The average Bonchev–Trinajstić information content (AvgIpc) is 2.55. The van der Waals surface area contributed by atoms with Crippen molar-refractivity contribution >= 4 is 11.6 Å². The Kier molecular flexibility index (Phi) is 3.08. The minimum absolute atomic E-state index is 0.0409. The van der Waals surface area contributed by atoms with Crippen LogP contribution in [0, 0.1) is 0 Å². The Morgan fingerprint density at radius 1 is 1.59 bits per heavy atom. The van der Waals surface area contributed by atoms with Gasteiger partial charge in [-0.3, -0.25) is 4.79 Å². The molecule has 1 aliphatic rings. The number of amides is 1. The van der Waals surface area contributed by atoms with Crippen LogP contribution in [0.25, 0.3) is 0 Å². The normalized spacial score (nSPS) is 17.5. The number of anilines is 1. The van der Waals surface area contributed by atoms with Crippen LogP contribution >= 0.6 is 0 Å². The zero-order valence-electron chi connectivity index (χ0n) is 9.93. The lowest BCUT2D eigenvalue weighted by atomic mass is 10.2. The van der Waals surface area contributed by atoms with Crippen molar-refractivity contribution in [2.45, 2.75) is 19.6 Å². The van der Waals surface area contributed by atoms with Crippen molar-refractivity contribution in [3.8, 4) is 11.5 Å². The molecule has 92 valence electrons.